The molecule has 3 N–H and O–H groups in total. The van der Waals surface area contributed by atoms with Crippen LogP contribution in [-0.4, -0.2) is 65.7 Å². The molecule has 0 saturated carbocycles. The number of phosphoric ester groups is 1. The zero-order chi connectivity index (χ0) is 37.7. The molecule has 0 aliphatic rings. The second-order valence-electron chi connectivity index (χ2n) is 13.7. The van der Waals surface area contributed by atoms with Crippen LogP contribution in [0.5, 0.6) is 0 Å². The summed E-state index contributed by atoms with van der Waals surface area (Å²) in [5, 5.41) is 18.3. The average Bonchev–Trinajstić information content (AvgIpc) is 3.12. The highest BCUT2D eigenvalue weighted by Gasteiger charge is 2.27. The lowest BCUT2D eigenvalue weighted by molar-refractivity contribution is -0.161. The molecule has 0 spiro atoms. The minimum atomic E-state index is -4.62. The van der Waals surface area contributed by atoms with Crippen LogP contribution < -0.4 is 0 Å². The Balaban J connectivity index is 4.38. The maximum atomic E-state index is 12.5. The Labute approximate surface area is 310 Å². The van der Waals surface area contributed by atoms with Gasteiger partial charge in [0.1, 0.15) is 12.7 Å². The molecule has 0 aromatic carbocycles. The number of aliphatic hydroxyl groups excluding tert-OH is 2. The van der Waals surface area contributed by atoms with E-state index in [0.29, 0.717) is 12.8 Å². The Morgan fingerprint density at radius 1 is 0.569 bits per heavy atom. The van der Waals surface area contributed by atoms with Crippen LogP contribution in [0.15, 0.2) is 24.3 Å². The van der Waals surface area contributed by atoms with Crippen molar-refractivity contribution in [2.24, 2.45) is 0 Å². The zero-order valence-corrected chi connectivity index (χ0v) is 33.2. The lowest BCUT2D eigenvalue weighted by atomic mass is 10.1. The Kier molecular flexibility index (Phi) is 35.7. The molecule has 0 bridgehead atoms. The molecule has 11 heteroatoms. The molecule has 10 nitrogen and oxygen atoms in total. The van der Waals surface area contributed by atoms with Crippen molar-refractivity contribution in [1.82, 2.24) is 0 Å². The summed E-state index contributed by atoms with van der Waals surface area (Å²) in [6.07, 6.45) is 34.4. The number of carbonyl (C=O) groups excluding carboxylic acids is 2. The number of hydrogen-bond acceptors (Lipinski definition) is 9. The number of phosphoric acid groups is 1. The summed E-state index contributed by atoms with van der Waals surface area (Å²) < 4.78 is 32.6. The number of unbranched alkanes of at least 4 members (excludes halogenated alkanes) is 20. The first-order chi connectivity index (χ1) is 24.7. The maximum Gasteiger partial charge on any atom is 0.472 e. The van der Waals surface area contributed by atoms with Gasteiger partial charge >= 0.3 is 19.8 Å². The third-order valence-corrected chi connectivity index (χ3v) is 9.53. The molecule has 0 aromatic heterocycles. The van der Waals surface area contributed by atoms with Crippen LogP contribution in [0.2, 0.25) is 0 Å². The molecule has 1 unspecified atom stereocenters. The van der Waals surface area contributed by atoms with Gasteiger partial charge in [-0.1, -0.05) is 128 Å². The van der Waals surface area contributed by atoms with Gasteiger partial charge in [0.15, 0.2) is 6.10 Å². The Hall–Kier alpha value is -1.55. The molecule has 0 aliphatic heterocycles. The summed E-state index contributed by atoms with van der Waals surface area (Å²) in [6.45, 7) is 2.33. The van der Waals surface area contributed by atoms with Crippen LogP contribution in [0.3, 0.4) is 0 Å². The fourth-order valence-electron chi connectivity index (χ4n) is 5.39. The topological polar surface area (TPSA) is 149 Å². The molecule has 0 saturated heterocycles. The van der Waals surface area contributed by atoms with Crippen LogP contribution in [0, 0.1) is 0 Å². The van der Waals surface area contributed by atoms with E-state index in [0.717, 1.165) is 44.9 Å². The first-order valence-corrected chi connectivity index (χ1v) is 21.8. The Morgan fingerprint density at radius 2 is 0.961 bits per heavy atom. The first kappa shape index (κ1) is 49.5. The van der Waals surface area contributed by atoms with Gasteiger partial charge in [0.05, 0.1) is 19.8 Å². The second-order valence-corrected chi connectivity index (χ2v) is 15.1. The van der Waals surface area contributed by atoms with Gasteiger partial charge in [-0.15, -0.1) is 0 Å². The van der Waals surface area contributed by atoms with Gasteiger partial charge in [-0.25, -0.2) is 4.57 Å². The fraction of sp³-hybridized carbons (Fsp3) is 0.850. The molecule has 0 aliphatic carbocycles. The number of esters is 2. The summed E-state index contributed by atoms with van der Waals surface area (Å²) in [7, 11) is -4.62. The first-order valence-electron chi connectivity index (χ1n) is 20.3. The van der Waals surface area contributed by atoms with Crippen molar-refractivity contribution in [1.29, 1.82) is 0 Å². The molecular formula is C40H75O10P. The van der Waals surface area contributed by atoms with Crippen molar-refractivity contribution in [3.05, 3.63) is 24.3 Å². The quantitative estimate of drug-likeness (QED) is 0.0241. The van der Waals surface area contributed by atoms with Gasteiger partial charge in [0.2, 0.25) is 0 Å². The maximum absolute atomic E-state index is 12.5. The van der Waals surface area contributed by atoms with E-state index in [2.05, 4.69) is 42.7 Å². The average molecular weight is 747 g/mol. The molecule has 3 atom stereocenters. The lowest BCUT2D eigenvalue weighted by Gasteiger charge is -2.20. The van der Waals surface area contributed by atoms with Crippen molar-refractivity contribution in [3.8, 4) is 0 Å². The SMILES string of the molecule is CCCCCCCC/C=C/CCCCCC(=O)O[C@H](COC(=O)CCCC/C=C/CCCCCCCCCCC)COP(=O)(O)OC[C@@H](O)CO. The standard InChI is InChI=1S/C40H75O10P/c1-3-5-7-9-11-13-15-17-18-20-21-23-25-27-29-31-39(43)47-35-38(36-49-51(45,46)48-34-37(42)33-41)50-40(44)32-30-28-26-24-22-19-16-14-12-10-8-6-4-2/h19,21-23,37-38,41-42H,3-18,20,24-36H2,1-2H3,(H,45,46)/b22-19+,23-21+/t37-,38+/m0/s1. The Morgan fingerprint density at radius 3 is 1.45 bits per heavy atom. The number of rotatable bonds is 38. The van der Waals surface area contributed by atoms with E-state index in [4.69, 9.17) is 19.1 Å². The van der Waals surface area contributed by atoms with Gasteiger partial charge in [-0.05, 0) is 64.2 Å². The van der Waals surface area contributed by atoms with E-state index in [1.54, 1.807) is 0 Å². The molecule has 51 heavy (non-hydrogen) atoms. The molecular weight excluding hydrogens is 671 g/mol. The fourth-order valence-corrected chi connectivity index (χ4v) is 6.18. The highest BCUT2D eigenvalue weighted by atomic mass is 31.2. The normalized spacial score (nSPS) is 14.2. The van der Waals surface area contributed by atoms with Gasteiger partial charge < -0.3 is 24.6 Å². The number of aliphatic hydroxyl groups is 2. The summed E-state index contributed by atoms with van der Waals surface area (Å²) in [5.41, 5.74) is 0. The third-order valence-electron chi connectivity index (χ3n) is 8.58. The monoisotopic (exact) mass is 747 g/mol. The molecule has 0 fully saturated rings. The molecule has 300 valence electrons. The van der Waals surface area contributed by atoms with E-state index >= 15 is 0 Å². The lowest BCUT2D eigenvalue weighted by Crippen LogP contribution is -2.29. The highest BCUT2D eigenvalue weighted by Crippen LogP contribution is 2.43. The number of hydrogen-bond donors (Lipinski definition) is 3. The predicted octanol–water partition coefficient (Wildman–Crippen LogP) is 10.2. The summed E-state index contributed by atoms with van der Waals surface area (Å²) in [4.78, 5) is 34.8. The van der Waals surface area contributed by atoms with Crippen LogP contribution in [0.4, 0.5) is 0 Å². The summed E-state index contributed by atoms with van der Waals surface area (Å²) >= 11 is 0. The molecule has 0 heterocycles. The van der Waals surface area contributed by atoms with E-state index in [9.17, 15) is 24.2 Å². The minimum Gasteiger partial charge on any atom is -0.462 e. The third kappa shape index (κ3) is 36.6. The second kappa shape index (κ2) is 36.8. The number of ether oxygens (including phenoxy) is 2. The van der Waals surface area contributed by atoms with Gasteiger partial charge in [-0.2, -0.15) is 0 Å². The molecule has 0 radical (unpaired) electrons. The van der Waals surface area contributed by atoms with Gasteiger partial charge in [0, 0.05) is 12.8 Å². The van der Waals surface area contributed by atoms with E-state index in [-0.39, 0.29) is 19.4 Å². The molecule has 0 rings (SSSR count). The van der Waals surface area contributed by atoms with Gasteiger partial charge in [-0.3, -0.25) is 18.6 Å². The van der Waals surface area contributed by atoms with Crippen molar-refractivity contribution in [2.45, 2.75) is 193 Å². The van der Waals surface area contributed by atoms with E-state index in [1.165, 1.54) is 96.3 Å². The highest BCUT2D eigenvalue weighted by molar-refractivity contribution is 7.47. The predicted molar refractivity (Wildman–Crippen MR) is 205 cm³/mol. The van der Waals surface area contributed by atoms with Crippen molar-refractivity contribution >= 4 is 19.8 Å². The van der Waals surface area contributed by atoms with Crippen molar-refractivity contribution in [2.75, 3.05) is 26.4 Å². The minimum absolute atomic E-state index is 0.161. The van der Waals surface area contributed by atoms with Crippen molar-refractivity contribution < 1.29 is 47.8 Å². The molecule has 0 aromatic rings. The van der Waals surface area contributed by atoms with Crippen molar-refractivity contribution in [3.63, 3.8) is 0 Å². The smallest absolute Gasteiger partial charge is 0.462 e. The zero-order valence-electron chi connectivity index (χ0n) is 32.3. The van der Waals surface area contributed by atoms with E-state index in [1.807, 2.05) is 0 Å². The van der Waals surface area contributed by atoms with Gasteiger partial charge in [0.25, 0.3) is 0 Å². The number of carbonyl (C=O) groups is 2. The largest absolute Gasteiger partial charge is 0.472 e. The van der Waals surface area contributed by atoms with Crippen LogP contribution in [0.25, 0.3) is 0 Å². The number of allylic oxidation sites excluding steroid dienone is 4. The Bertz CT molecular complexity index is 910. The summed E-state index contributed by atoms with van der Waals surface area (Å²) in [6, 6.07) is 0. The molecule has 0 amide bonds. The van der Waals surface area contributed by atoms with Crippen LogP contribution in [0.1, 0.15) is 181 Å². The van der Waals surface area contributed by atoms with Crippen LogP contribution in [-0.2, 0) is 32.7 Å². The van der Waals surface area contributed by atoms with Crippen LogP contribution >= 0.6 is 7.82 Å². The summed E-state index contributed by atoms with van der Waals surface area (Å²) in [5.74, 6) is -0.967. The van der Waals surface area contributed by atoms with E-state index < -0.39 is 51.8 Å².